The molecule has 0 spiro atoms. The van der Waals surface area contributed by atoms with E-state index in [0.29, 0.717) is 11.0 Å². The summed E-state index contributed by atoms with van der Waals surface area (Å²) in [4.78, 5) is 8.06. The van der Waals surface area contributed by atoms with Crippen molar-refractivity contribution in [2.45, 2.75) is 0 Å². The van der Waals surface area contributed by atoms with E-state index >= 15 is 0 Å². The molecule has 0 amide bonds. The zero-order valence-electron chi connectivity index (χ0n) is 15.8. The van der Waals surface area contributed by atoms with E-state index in [2.05, 4.69) is 9.97 Å². The number of rotatable bonds is 0. The number of aromatic hydroxyl groups is 2. The van der Waals surface area contributed by atoms with E-state index in [0.717, 1.165) is 10.8 Å². The van der Waals surface area contributed by atoms with Crippen LogP contribution in [0.3, 0.4) is 0 Å². The normalized spacial score (nSPS) is 9.72. The van der Waals surface area contributed by atoms with Crippen molar-refractivity contribution >= 4 is 135 Å². The minimum absolute atomic E-state index is 0. The van der Waals surface area contributed by atoms with Gasteiger partial charge in [-0.25, -0.2) is 0 Å². The number of hydrogen-bond acceptors (Lipinski definition) is 6. The molecule has 2 aromatic carbocycles. The van der Waals surface area contributed by atoms with Crippen LogP contribution in [0.25, 0.3) is 21.8 Å². The van der Waals surface area contributed by atoms with Gasteiger partial charge in [0.15, 0.2) is 0 Å². The Morgan fingerprint density at radius 1 is 0.621 bits per heavy atom. The zero-order chi connectivity index (χ0) is 19.9. The summed E-state index contributed by atoms with van der Waals surface area (Å²) in [6.45, 7) is 0. The molecule has 8 nitrogen and oxygen atoms in total. The van der Waals surface area contributed by atoms with E-state index in [-0.39, 0.29) is 114 Å². The summed E-state index contributed by atoms with van der Waals surface area (Å²) in [6, 6.07) is 18.3. The molecule has 0 bridgehead atoms. The van der Waals surface area contributed by atoms with Crippen LogP contribution in [0.4, 0.5) is 0 Å². The van der Waals surface area contributed by atoms with Crippen molar-refractivity contribution in [3.05, 3.63) is 73.1 Å². The number of phenolic OH excluding ortho intramolecular Hbond substituents is 2. The first-order chi connectivity index (χ1) is 12.8. The molecule has 0 aliphatic carbocycles. The molecule has 29 heavy (non-hydrogen) atoms. The molecule has 0 unspecified atom stereocenters. The van der Waals surface area contributed by atoms with E-state index in [1.54, 1.807) is 36.7 Å². The van der Waals surface area contributed by atoms with Gasteiger partial charge in [0.25, 0.3) is 0 Å². The van der Waals surface area contributed by atoms with Gasteiger partial charge in [0.2, 0.25) is 0 Å². The number of hydrogen-bond donors (Lipinski definition) is 4. The summed E-state index contributed by atoms with van der Waals surface area (Å²) < 4.78 is 31.6. The average Bonchev–Trinajstić information content (AvgIpc) is 2.62. The molecule has 2 aromatic heterocycles. The molecule has 4 N–H and O–H groups in total. The molecule has 11 heteroatoms. The van der Waals surface area contributed by atoms with E-state index in [4.69, 9.17) is 17.5 Å². The number of aromatic nitrogens is 2. The number of benzene rings is 2. The summed E-state index contributed by atoms with van der Waals surface area (Å²) in [5.74, 6) is 0.478. The maximum Gasteiger partial charge on any atom is 0.394 e. The van der Waals surface area contributed by atoms with Gasteiger partial charge in [0.05, 0.1) is 0 Å². The van der Waals surface area contributed by atoms with E-state index in [1.165, 1.54) is 0 Å². The van der Waals surface area contributed by atoms with Crippen LogP contribution in [0.5, 0.6) is 11.5 Å². The SMILES string of the molecule is O=S(=O)(O)O.Oc1cccc2cccnc12.Oc1cccc2cccnc12.[K].[K]. The molecule has 0 aliphatic rings. The number of para-hydroxylation sites is 2. The van der Waals surface area contributed by atoms with Crippen molar-refractivity contribution in [3.63, 3.8) is 0 Å². The van der Waals surface area contributed by atoms with Gasteiger partial charge >= 0.3 is 10.4 Å². The zero-order valence-corrected chi connectivity index (χ0v) is 22.9. The van der Waals surface area contributed by atoms with Crippen molar-refractivity contribution in [3.8, 4) is 11.5 Å². The van der Waals surface area contributed by atoms with Crippen molar-refractivity contribution in [1.29, 1.82) is 0 Å². The fourth-order valence-corrected chi connectivity index (χ4v) is 2.18. The van der Waals surface area contributed by atoms with Crippen molar-refractivity contribution in [2.24, 2.45) is 0 Å². The molecular weight excluding hydrogens is 450 g/mol. The number of phenols is 2. The van der Waals surface area contributed by atoms with E-state index < -0.39 is 10.4 Å². The third-order valence-electron chi connectivity index (χ3n) is 3.22. The van der Waals surface area contributed by atoms with Gasteiger partial charge in [-0.1, -0.05) is 36.4 Å². The van der Waals surface area contributed by atoms with Crippen LogP contribution in [0.15, 0.2) is 73.1 Å². The average molecular weight is 467 g/mol. The monoisotopic (exact) mass is 466 g/mol. The Kier molecular flexibility index (Phi) is 14.1. The smallest absolute Gasteiger partial charge is 0.394 e. The third kappa shape index (κ3) is 10.7. The maximum atomic E-state index is 9.31. The molecule has 0 saturated heterocycles. The second-order valence-electron chi connectivity index (χ2n) is 5.15. The molecule has 0 atom stereocenters. The predicted octanol–water partition coefficient (Wildman–Crippen LogP) is 2.47. The van der Waals surface area contributed by atoms with E-state index in [1.807, 2.05) is 36.4 Å². The van der Waals surface area contributed by atoms with Crippen LogP contribution in [0.2, 0.25) is 0 Å². The molecular formula is C18H16K2N2O6S. The second kappa shape index (κ2) is 14.1. The summed E-state index contributed by atoms with van der Waals surface area (Å²) in [5.41, 5.74) is 1.32. The first-order valence-corrected chi connectivity index (χ1v) is 8.90. The molecule has 2 heterocycles. The maximum absolute atomic E-state index is 9.31. The Labute approximate surface area is 252 Å². The largest absolute Gasteiger partial charge is 0.506 e. The topological polar surface area (TPSA) is 141 Å². The second-order valence-corrected chi connectivity index (χ2v) is 6.05. The predicted molar refractivity (Wildman–Crippen MR) is 113 cm³/mol. The Balaban J connectivity index is 0.000000420. The molecule has 142 valence electrons. The molecule has 4 rings (SSSR count). The van der Waals surface area contributed by atoms with Gasteiger partial charge in [-0.3, -0.25) is 19.1 Å². The van der Waals surface area contributed by atoms with Crippen LogP contribution in [0, 0.1) is 0 Å². The van der Waals surface area contributed by atoms with Crippen LogP contribution in [0.1, 0.15) is 0 Å². The van der Waals surface area contributed by atoms with Gasteiger partial charge in [-0.05, 0) is 24.3 Å². The van der Waals surface area contributed by atoms with Gasteiger partial charge in [0, 0.05) is 126 Å². The van der Waals surface area contributed by atoms with Gasteiger partial charge in [0.1, 0.15) is 22.5 Å². The summed E-state index contributed by atoms with van der Waals surface area (Å²) in [7, 11) is -4.67. The summed E-state index contributed by atoms with van der Waals surface area (Å²) >= 11 is 0. The number of pyridine rings is 2. The summed E-state index contributed by atoms with van der Waals surface area (Å²) in [6.07, 6.45) is 3.34. The van der Waals surface area contributed by atoms with Crippen LogP contribution >= 0.6 is 0 Å². The fourth-order valence-electron chi connectivity index (χ4n) is 2.18. The van der Waals surface area contributed by atoms with Gasteiger partial charge < -0.3 is 10.2 Å². The first-order valence-electron chi connectivity index (χ1n) is 7.51. The van der Waals surface area contributed by atoms with Crippen molar-refractivity contribution in [2.75, 3.05) is 0 Å². The van der Waals surface area contributed by atoms with Crippen molar-refractivity contribution < 1.29 is 27.7 Å². The third-order valence-corrected chi connectivity index (χ3v) is 3.22. The van der Waals surface area contributed by atoms with Gasteiger partial charge in [-0.2, -0.15) is 8.42 Å². The van der Waals surface area contributed by atoms with E-state index in [9.17, 15) is 10.2 Å². The van der Waals surface area contributed by atoms with Gasteiger partial charge in [-0.15, -0.1) is 0 Å². The minimum atomic E-state index is -4.67. The standard InChI is InChI=1S/2C9H7NO.2K.H2O4S/c2*11-8-5-1-3-7-4-2-6-10-9(7)8;;;1-5(2,3)4/h2*1-6,11H;;;(H2,1,2,3,4). The Hall–Kier alpha value is 0.00273. The Morgan fingerprint density at radius 2 is 0.931 bits per heavy atom. The molecule has 0 saturated carbocycles. The first kappa shape index (κ1) is 29.0. The molecule has 4 aromatic rings. The quantitative estimate of drug-likeness (QED) is 0.229. The molecule has 0 aliphatic heterocycles. The molecule has 2 radical (unpaired) electrons. The summed E-state index contributed by atoms with van der Waals surface area (Å²) in [5, 5.41) is 20.5. The minimum Gasteiger partial charge on any atom is -0.506 e. The number of nitrogens with zero attached hydrogens (tertiary/aromatic N) is 2. The number of fused-ring (bicyclic) bond motifs is 2. The van der Waals surface area contributed by atoms with Crippen molar-refractivity contribution in [1.82, 2.24) is 9.97 Å². The van der Waals surface area contributed by atoms with Crippen LogP contribution in [-0.2, 0) is 10.4 Å². The fraction of sp³-hybridized carbons (Fsp3) is 0. The molecule has 0 fully saturated rings. The Morgan fingerprint density at radius 3 is 1.24 bits per heavy atom. The Bertz CT molecular complexity index is 1060. The van der Waals surface area contributed by atoms with Crippen LogP contribution < -0.4 is 0 Å². The van der Waals surface area contributed by atoms with Crippen LogP contribution in [-0.4, -0.2) is 140 Å².